The van der Waals surface area contributed by atoms with Crippen LogP contribution in [0.15, 0.2) is 12.7 Å². The van der Waals surface area contributed by atoms with E-state index in [9.17, 15) is 5.11 Å². The Hall–Kier alpha value is -0.300. The van der Waals surface area contributed by atoms with Crippen LogP contribution < -0.4 is 0 Å². The summed E-state index contributed by atoms with van der Waals surface area (Å²) in [5, 5.41) is 9.53. The second kappa shape index (κ2) is 3.40. The van der Waals surface area contributed by atoms with Gasteiger partial charge in [0.15, 0.2) is 0 Å². The third-order valence-electron chi connectivity index (χ3n) is 2.95. The van der Waals surface area contributed by atoms with Gasteiger partial charge in [-0.2, -0.15) is 0 Å². The maximum atomic E-state index is 9.53. The second-order valence-electron chi connectivity index (χ2n) is 3.89. The van der Waals surface area contributed by atoms with Crippen molar-refractivity contribution in [2.24, 2.45) is 17.8 Å². The van der Waals surface area contributed by atoms with Gasteiger partial charge < -0.3 is 5.11 Å². The molecule has 0 spiro atoms. The minimum Gasteiger partial charge on any atom is -0.393 e. The average molecular weight is 154 g/mol. The molecule has 1 rings (SSSR count). The zero-order chi connectivity index (χ0) is 8.43. The van der Waals surface area contributed by atoms with Crippen molar-refractivity contribution in [3.05, 3.63) is 12.7 Å². The van der Waals surface area contributed by atoms with E-state index in [1.54, 1.807) is 0 Å². The van der Waals surface area contributed by atoms with Crippen LogP contribution in [-0.2, 0) is 0 Å². The van der Waals surface area contributed by atoms with E-state index in [1.165, 1.54) is 0 Å². The minimum atomic E-state index is -0.0822. The zero-order valence-electron chi connectivity index (χ0n) is 7.46. The average Bonchev–Trinajstić information content (AvgIpc) is 1.97. The monoisotopic (exact) mass is 154 g/mol. The van der Waals surface area contributed by atoms with Gasteiger partial charge in [0, 0.05) is 0 Å². The summed E-state index contributed by atoms with van der Waals surface area (Å²) in [6, 6.07) is 0. The second-order valence-corrected chi connectivity index (χ2v) is 3.89. The van der Waals surface area contributed by atoms with E-state index in [-0.39, 0.29) is 6.10 Å². The van der Waals surface area contributed by atoms with Crippen molar-refractivity contribution in [1.29, 1.82) is 0 Å². The zero-order valence-corrected chi connectivity index (χ0v) is 7.46. The Morgan fingerprint density at radius 2 is 1.91 bits per heavy atom. The molecule has 0 aromatic heterocycles. The summed E-state index contributed by atoms with van der Waals surface area (Å²) in [6.45, 7) is 8.13. The van der Waals surface area contributed by atoms with E-state index in [4.69, 9.17) is 0 Å². The molecule has 64 valence electrons. The molecule has 4 atom stereocenters. The molecule has 0 aromatic rings. The predicted molar refractivity (Wildman–Crippen MR) is 47.3 cm³/mol. The lowest BCUT2D eigenvalue weighted by Gasteiger charge is -2.34. The summed E-state index contributed by atoms with van der Waals surface area (Å²) in [5.74, 6) is 1.68. The van der Waals surface area contributed by atoms with E-state index in [1.807, 2.05) is 6.08 Å². The number of rotatable bonds is 1. The number of allylic oxidation sites excluding steroid dienone is 1. The van der Waals surface area contributed by atoms with E-state index >= 15 is 0 Å². The molecule has 1 aliphatic carbocycles. The van der Waals surface area contributed by atoms with E-state index in [0.29, 0.717) is 17.8 Å². The van der Waals surface area contributed by atoms with Gasteiger partial charge in [-0.15, -0.1) is 6.58 Å². The maximum Gasteiger partial charge on any atom is 0.0568 e. The third kappa shape index (κ3) is 1.84. The van der Waals surface area contributed by atoms with Crippen LogP contribution in [0.5, 0.6) is 0 Å². The molecule has 1 aliphatic rings. The molecular formula is C10H18O. The molecule has 0 radical (unpaired) electrons. The van der Waals surface area contributed by atoms with E-state index in [2.05, 4.69) is 20.4 Å². The Labute approximate surface area is 69.1 Å². The highest BCUT2D eigenvalue weighted by molar-refractivity contribution is 4.90. The minimum absolute atomic E-state index is 0.0822. The summed E-state index contributed by atoms with van der Waals surface area (Å²) in [4.78, 5) is 0. The molecular weight excluding hydrogens is 136 g/mol. The smallest absolute Gasteiger partial charge is 0.0568 e. The van der Waals surface area contributed by atoms with Crippen LogP contribution in [0.3, 0.4) is 0 Å². The molecule has 0 heterocycles. The molecule has 0 saturated heterocycles. The summed E-state index contributed by atoms with van der Waals surface area (Å²) in [7, 11) is 0. The van der Waals surface area contributed by atoms with Gasteiger partial charge in [0.1, 0.15) is 0 Å². The van der Waals surface area contributed by atoms with Gasteiger partial charge in [0.25, 0.3) is 0 Å². The summed E-state index contributed by atoms with van der Waals surface area (Å²) in [6.07, 6.45) is 4.00. The van der Waals surface area contributed by atoms with Gasteiger partial charge in [0.2, 0.25) is 0 Å². The van der Waals surface area contributed by atoms with Gasteiger partial charge >= 0.3 is 0 Å². The lowest BCUT2D eigenvalue weighted by molar-refractivity contribution is 0.0400. The summed E-state index contributed by atoms with van der Waals surface area (Å²) < 4.78 is 0. The fourth-order valence-electron chi connectivity index (χ4n) is 1.94. The molecule has 11 heavy (non-hydrogen) atoms. The first-order valence-electron chi connectivity index (χ1n) is 4.45. The van der Waals surface area contributed by atoms with Crippen LogP contribution in [0.2, 0.25) is 0 Å². The number of hydrogen-bond acceptors (Lipinski definition) is 1. The van der Waals surface area contributed by atoms with Crippen LogP contribution in [0, 0.1) is 17.8 Å². The first-order chi connectivity index (χ1) is 5.15. The lowest BCUT2D eigenvalue weighted by atomic mass is 9.74. The summed E-state index contributed by atoms with van der Waals surface area (Å²) >= 11 is 0. The van der Waals surface area contributed by atoms with Crippen molar-refractivity contribution in [3.8, 4) is 0 Å². The Bertz CT molecular complexity index is 142. The predicted octanol–water partition coefficient (Wildman–Crippen LogP) is 2.22. The quantitative estimate of drug-likeness (QED) is 0.574. The maximum absolute atomic E-state index is 9.53. The van der Waals surface area contributed by atoms with Gasteiger partial charge in [-0.3, -0.25) is 0 Å². The van der Waals surface area contributed by atoms with Crippen molar-refractivity contribution in [2.75, 3.05) is 0 Å². The molecule has 0 amide bonds. The number of hydrogen-bond donors (Lipinski definition) is 1. The highest BCUT2D eigenvalue weighted by atomic mass is 16.3. The van der Waals surface area contributed by atoms with Gasteiger partial charge in [-0.05, 0) is 30.6 Å². The van der Waals surface area contributed by atoms with Crippen LogP contribution >= 0.6 is 0 Å². The van der Waals surface area contributed by atoms with Crippen molar-refractivity contribution in [1.82, 2.24) is 0 Å². The molecule has 0 aromatic carbocycles. The van der Waals surface area contributed by atoms with Crippen LogP contribution in [0.25, 0.3) is 0 Å². The lowest BCUT2D eigenvalue weighted by Crippen LogP contribution is -2.31. The fourth-order valence-corrected chi connectivity index (χ4v) is 1.94. The van der Waals surface area contributed by atoms with Crippen molar-refractivity contribution >= 4 is 0 Å². The third-order valence-corrected chi connectivity index (χ3v) is 2.95. The highest BCUT2D eigenvalue weighted by Gasteiger charge is 2.29. The first-order valence-corrected chi connectivity index (χ1v) is 4.45. The van der Waals surface area contributed by atoms with E-state index < -0.39 is 0 Å². The van der Waals surface area contributed by atoms with Crippen molar-refractivity contribution < 1.29 is 5.11 Å². The largest absolute Gasteiger partial charge is 0.393 e. The molecule has 0 bridgehead atoms. The molecule has 1 nitrogen and oxygen atoms in total. The molecule has 1 saturated carbocycles. The Balaban J connectivity index is 2.54. The van der Waals surface area contributed by atoms with Crippen molar-refractivity contribution in [3.63, 3.8) is 0 Å². The molecule has 4 unspecified atom stereocenters. The van der Waals surface area contributed by atoms with Crippen molar-refractivity contribution in [2.45, 2.75) is 32.8 Å². The van der Waals surface area contributed by atoms with Gasteiger partial charge in [-0.1, -0.05) is 19.9 Å². The SMILES string of the molecule is C=CC1CC(C)C(O)CC1C. The highest BCUT2D eigenvalue weighted by Crippen LogP contribution is 2.33. The number of aliphatic hydroxyl groups is 1. The summed E-state index contributed by atoms with van der Waals surface area (Å²) in [5.41, 5.74) is 0. The topological polar surface area (TPSA) is 20.2 Å². The Morgan fingerprint density at radius 1 is 1.27 bits per heavy atom. The molecule has 1 fully saturated rings. The first kappa shape index (κ1) is 8.79. The molecule has 0 aliphatic heterocycles. The van der Waals surface area contributed by atoms with E-state index in [0.717, 1.165) is 12.8 Å². The number of aliphatic hydroxyl groups excluding tert-OH is 1. The Kier molecular flexibility index (Phi) is 2.72. The molecule has 1 N–H and O–H groups in total. The van der Waals surface area contributed by atoms with Crippen LogP contribution in [-0.4, -0.2) is 11.2 Å². The van der Waals surface area contributed by atoms with Crippen LogP contribution in [0.4, 0.5) is 0 Å². The fraction of sp³-hybridized carbons (Fsp3) is 0.800. The van der Waals surface area contributed by atoms with Gasteiger partial charge in [-0.25, -0.2) is 0 Å². The Morgan fingerprint density at radius 3 is 2.45 bits per heavy atom. The normalized spacial score (nSPS) is 45.4. The van der Waals surface area contributed by atoms with Crippen LogP contribution in [0.1, 0.15) is 26.7 Å². The van der Waals surface area contributed by atoms with Gasteiger partial charge in [0.05, 0.1) is 6.10 Å². The standard InChI is InChI=1S/C10H18O/c1-4-9-5-8(3)10(11)6-7(9)2/h4,7-11H,1,5-6H2,2-3H3. The molecule has 1 heteroatoms.